The Morgan fingerprint density at radius 2 is 1.79 bits per heavy atom. The summed E-state index contributed by atoms with van der Waals surface area (Å²) in [6, 6.07) is 14.7. The minimum absolute atomic E-state index is 0.313. The summed E-state index contributed by atoms with van der Waals surface area (Å²) in [6.45, 7) is 4.26. The fraction of sp³-hybridized carbons (Fsp3) is 0.158. The summed E-state index contributed by atoms with van der Waals surface area (Å²) in [5, 5.41) is 0.173. The number of imide groups is 1. The molecular formula is C19H16ClNO2S. The molecule has 5 heteroatoms. The Morgan fingerprint density at radius 1 is 1.08 bits per heavy atom. The van der Waals surface area contributed by atoms with E-state index in [0.717, 1.165) is 22.2 Å². The van der Waals surface area contributed by atoms with Crippen molar-refractivity contribution in [1.82, 2.24) is 0 Å². The number of nitrogens with zero attached hydrogens (tertiary/aromatic N) is 1. The van der Waals surface area contributed by atoms with Crippen LogP contribution >= 0.6 is 23.4 Å². The summed E-state index contributed by atoms with van der Waals surface area (Å²) in [7, 11) is 0. The molecule has 0 aliphatic carbocycles. The molecule has 0 spiro atoms. The van der Waals surface area contributed by atoms with Crippen molar-refractivity contribution in [3.8, 4) is 0 Å². The van der Waals surface area contributed by atoms with Crippen LogP contribution in [0.2, 0.25) is 5.02 Å². The predicted octanol–water partition coefficient (Wildman–Crippen LogP) is 5.70. The van der Waals surface area contributed by atoms with Crippen LogP contribution in [0, 0.1) is 0 Å². The van der Waals surface area contributed by atoms with E-state index in [1.807, 2.05) is 24.3 Å². The Bertz CT molecular complexity index is 828. The van der Waals surface area contributed by atoms with Gasteiger partial charge < -0.3 is 0 Å². The van der Waals surface area contributed by atoms with Gasteiger partial charge in [0.25, 0.3) is 11.1 Å². The molecule has 0 bridgehead atoms. The van der Waals surface area contributed by atoms with E-state index in [9.17, 15) is 9.59 Å². The van der Waals surface area contributed by atoms with E-state index in [2.05, 4.69) is 13.8 Å². The molecule has 2 amide bonds. The molecule has 1 fully saturated rings. The lowest BCUT2D eigenvalue weighted by Gasteiger charge is -2.12. The third-order valence-corrected chi connectivity index (χ3v) is 4.87. The molecule has 122 valence electrons. The first-order valence-corrected chi connectivity index (χ1v) is 8.78. The second-order valence-electron chi connectivity index (χ2n) is 5.82. The SMILES string of the molecule is CC(C)c1ccc(/C=C2\SC(=O)N(c3cccc(Cl)c3)C2=O)cc1. The topological polar surface area (TPSA) is 37.4 Å². The highest BCUT2D eigenvalue weighted by molar-refractivity contribution is 8.19. The third kappa shape index (κ3) is 3.40. The Morgan fingerprint density at radius 3 is 2.42 bits per heavy atom. The Hall–Kier alpha value is -2.04. The summed E-state index contributed by atoms with van der Waals surface area (Å²) >= 11 is 6.90. The van der Waals surface area contributed by atoms with Crippen molar-refractivity contribution in [3.05, 3.63) is 69.6 Å². The van der Waals surface area contributed by atoms with Gasteiger partial charge in [0.15, 0.2) is 0 Å². The normalized spacial score (nSPS) is 16.5. The van der Waals surface area contributed by atoms with Crippen LogP contribution in [-0.2, 0) is 4.79 Å². The maximum Gasteiger partial charge on any atom is 0.298 e. The summed E-state index contributed by atoms with van der Waals surface area (Å²) in [6.07, 6.45) is 1.75. The second-order valence-corrected chi connectivity index (χ2v) is 7.25. The largest absolute Gasteiger partial charge is 0.298 e. The van der Waals surface area contributed by atoms with Crippen molar-refractivity contribution in [2.45, 2.75) is 19.8 Å². The van der Waals surface area contributed by atoms with Crippen LogP contribution in [0.4, 0.5) is 10.5 Å². The van der Waals surface area contributed by atoms with Gasteiger partial charge in [0.1, 0.15) is 0 Å². The Labute approximate surface area is 150 Å². The molecule has 2 aromatic rings. The molecule has 0 saturated carbocycles. The van der Waals surface area contributed by atoms with E-state index in [1.54, 1.807) is 30.3 Å². The molecule has 0 radical (unpaired) electrons. The highest BCUT2D eigenvalue weighted by Gasteiger charge is 2.36. The number of thioether (sulfide) groups is 1. The van der Waals surface area contributed by atoms with Gasteiger partial charge in [-0.25, -0.2) is 4.90 Å². The molecule has 1 heterocycles. The predicted molar refractivity (Wildman–Crippen MR) is 100 cm³/mol. The molecule has 3 rings (SSSR count). The first-order chi connectivity index (χ1) is 11.5. The molecule has 1 saturated heterocycles. The van der Waals surface area contributed by atoms with E-state index in [-0.39, 0.29) is 11.1 Å². The van der Waals surface area contributed by atoms with Crippen LogP contribution in [0.1, 0.15) is 30.9 Å². The van der Waals surface area contributed by atoms with E-state index in [1.165, 1.54) is 5.56 Å². The minimum atomic E-state index is -0.319. The molecule has 1 aliphatic rings. The Balaban J connectivity index is 1.88. The van der Waals surface area contributed by atoms with E-state index >= 15 is 0 Å². The van der Waals surface area contributed by atoms with Gasteiger partial charge in [-0.2, -0.15) is 0 Å². The van der Waals surface area contributed by atoms with Crippen molar-refractivity contribution in [2.75, 3.05) is 4.90 Å². The van der Waals surface area contributed by atoms with Crippen molar-refractivity contribution in [2.24, 2.45) is 0 Å². The summed E-state index contributed by atoms with van der Waals surface area (Å²) in [4.78, 5) is 26.4. The Kier molecular flexibility index (Phi) is 4.78. The van der Waals surface area contributed by atoms with Crippen molar-refractivity contribution >= 4 is 46.3 Å². The molecular weight excluding hydrogens is 342 g/mol. The first-order valence-electron chi connectivity index (χ1n) is 7.59. The zero-order chi connectivity index (χ0) is 17.3. The number of hydrogen-bond acceptors (Lipinski definition) is 3. The first kappa shape index (κ1) is 16.8. The monoisotopic (exact) mass is 357 g/mol. The molecule has 3 nitrogen and oxygen atoms in total. The van der Waals surface area contributed by atoms with Gasteiger partial charge >= 0.3 is 0 Å². The number of amides is 2. The van der Waals surface area contributed by atoms with Crippen LogP contribution in [0.25, 0.3) is 6.08 Å². The van der Waals surface area contributed by atoms with E-state index < -0.39 is 0 Å². The molecule has 2 aromatic carbocycles. The van der Waals surface area contributed by atoms with Gasteiger partial charge in [-0.3, -0.25) is 9.59 Å². The standard InChI is InChI=1S/C19H16ClNO2S/c1-12(2)14-8-6-13(7-9-14)10-17-18(22)21(19(23)24-17)16-5-3-4-15(20)11-16/h3-12H,1-2H3/b17-10-. The van der Waals surface area contributed by atoms with Crippen LogP contribution < -0.4 is 4.90 Å². The average Bonchev–Trinajstić information content (AvgIpc) is 2.82. The fourth-order valence-corrected chi connectivity index (χ4v) is 3.46. The van der Waals surface area contributed by atoms with Crippen LogP contribution in [-0.4, -0.2) is 11.1 Å². The fourth-order valence-electron chi connectivity index (χ4n) is 2.43. The molecule has 0 N–H and O–H groups in total. The van der Waals surface area contributed by atoms with Crippen molar-refractivity contribution in [3.63, 3.8) is 0 Å². The van der Waals surface area contributed by atoms with Crippen molar-refractivity contribution < 1.29 is 9.59 Å². The van der Waals surface area contributed by atoms with Crippen LogP contribution in [0.15, 0.2) is 53.4 Å². The van der Waals surface area contributed by atoms with Gasteiger partial charge in [0, 0.05) is 5.02 Å². The molecule has 0 aromatic heterocycles. The molecule has 0 atom stereocenters. The number of anilines is 1. The smallest absolute Gasteiger partial charge is 0.268 e. The highest BCUT2D eigenvalue weighted by atomic mass is 35.5. The number of carbonyl (C=O) groups is 2. The second kappa shape index (κ2) is 6.83. The lowest BCUT2D eigenvalue weighted by Crippen LogP contribution is -2.27. The summed E-state index contributed by atoms with van der Waals surface area (Å²) in [5.74, 6) is 0.134. The maximum atomic E-state index is 12.6. The van der Waals surface area contributed by atoms with E-state index in [0.29, 0.717) is 21.5 Å². The van der Waals surface area contributed by atoms with Gasteiger partial charge in [0.05, 0.1) is 10.6 Å². The van der Waals surface area contributed by atoms with Gasteiger partial charge in [0.2, 0.25) is 0 Å². The third-order valence-electron chi connectivity index (χ3n) is 3.76. The quantitative estimate of drug-likeness (QED) is 0.661. The lowest BCUT2D eigenvalue weighted by molar-refractivity contribution is -0.113. The number of halogens is 1. The summed E-state index contributed by atoms with van der Waals surface area (Å²) < 4.78 is 0. The van der Waals surface area contributed by atoms with Crippen molar-refractivity contribution in [1.29, 1.82) is 0 Å². The summed E-state index contributed by atoms with van der Waals surface area (Å²) in [5.41, 5.74) is 2.62. The number of carbonyl (C=O) groups excluding carboxylic acids is 2. The van der Waals surface area contributed by atoms with Gasteiger partial charge in [-0.15, -0.1) is 0 Å². The van der Waals surface area contributed by atoms with Gasteiger partial charge in [-0.05, 0) is 53.1 Å². The average molecular weight is 358 g/mol. The van der Waals surface area contributed by atoms with Crippen LogP contribution in [0.5, 0.6) is 0 Å². The van der Waals surface area contributed by atoms with E-state index in [4.69, 9.17) is 11.6 Å². The zero-order valence-corrected chi connectivity index (χ0v) is 14.9. The number of rotatable bonds is 3. The van der Waals surface area contributed by atoms with Crippen LogP contribution in [0.3, 0.4) is 0 Å². The minimum Gasteiger partial charge on any atom is -0.268 e. The molecule has 24 heavy (non-hydrogen) atoms. The maximum absolute atomic E-state index is 12.6. The zero-order valence-electron chi connectivity index (χ0n) is 13.3. The number of benzene rings is 2. The molecule has 1 aliphatic heterocycles. The van der Waals surface area contributed by atoms with Gasteiger partial charge in [-0.1, -0.05) is 55.8 Å². The highest BCUT2D eigenvalue weighted by Crippen LogP contribution is 2.36. The number of hydrogen-bond donors (Lipinski definition) is 0. The lowest BCUT2D eigenvalue weighted by atomic mass is 10.0. The molecule has 0 unspecified atom stereocenters.